The van der Waals surface area contributed by atoms with E-state index in [1.165, 1.54) is 35.6 Å². The molecule has 2 heterocycles. The van der Waals surface area contributed by atoms with Crippen LogP contribution in [-0.4, -0.2) is 18.9 Å². The molecule has 5 nitrogen and oxygen atoms in total. The SMILES string of the molecule is O=C(NS(=O)(=O)c1cc(Cl)c(Cl)s1)C1CC1c1cccc2c3c(n(Cc4ccc(Cl)cc4Cl)c12)CCCCCC3. The first kappa shape index (κ1) is 28.4. The molecule has 40 heavy (non-hydrogen) atoms. The smallest absolute Gasteiger partial charge is 0.273 e. The molecule has 0 spiro atoms. The fraction of sp³-hybridized carbons (Fsp3) is 0.345. The summed E-state index contributed by atoms with van der Waals surface area (Å²) in [5, 5.41) is 2.57. The molecule has 6 rings (SSSR count). The number of benzene rings is 2. The van der Waals surface area contributed by atoms with E-state index in [9.17, 15) is 13.2 Å². The number of sulfonamides is 1. The number of hydrogen-bond donors (Lipinski definition) is 1. The van der Waals surface area contributed by atoms with Gasteiger partial charge in [-0.2, -0.15) is 0 Å². The number of halogens is 4. The zero-order valence-electron chi connectivity index (χ0n) is 21.4. The van der Waals surface area contributed by atoms with Crippen molar-refractivity contribution in [1.29, 1.82) is 0 Å². The number of nitrogens with one attached hydrogen (secondary N) is 1. The predicted octanol–water partition coefficient (Wildman–Crippen LogP) is 8.63. The van der Waals surface area contributed by atoms with Gasteiger partial charge in [-0.15, -0.1) is 11.3 Å². The van der Waals surface area contributed by atoms with E-state index in [4.69, 9.17) is 46.4 Å². The molecule has 2 aromatic carbocycles. The van der Waals surface area contributed by atoms with Crippen molar-refractivity contribution in [2.75, 3.05) is 0 Å². The van der Waals surface area contributed by atoms with Crippen LogP contribution in [0, 0.1) is 5.92 Å². The summed E-state index contributed by atoms with van der Waals surface area (Å²) in [4.78, 5) is 13.2. The lowest BCUT2D eigenvalue weighted by molar-refractivity contribution is -0.120. The van der Waals surface area contributed by atoms with Crippen LogP contribution >= 0.6 is 57.7 Å². The summed E-state index contributed by atoms with van der Waals surface area (Å²) >= 11 is 25.5. The fourth-order valence-corrected chi connectivity index (χ4v) is 9.29. The molecule has 0 bridgehead atoms. The third kappa shape index (κ3) is 5.41. The Balaban J connectivity index is 1.37. The van der Waals surface area contributed by atoms with Crippen LogP contribution in [-0.2, 0) is 34.2 Å². The van der Waals surface area contributed by atoms with Gasteiger partial charge >= 0.3 is 0 Å². The minimum absolute atomic E-state index is 0.0799. The molecule has 2 aromatic heterocycles. The Bertz CT molecular complexity index is 1730. The summed E-state index contributed by atoms with van der Waals surface area (Å²) < 4.78 is 30.4. The summed E-state index contributed by atoms with van der Waals surface area (Å²) in [5.74, 6) is -1.05. The van der Waals surface area contributed by atoms with E-state index >= 15 is 0 Å². The highest BCUT2D eigenvalue weighted by molar-refractivity contribution is 7.92. The average molecular weight is 656 g/mol. The normalized spacial score (nSPS) is 19.2. The highest BCUT2D eigenvalue weighted by Gasteiger charge is 2.46. The monoisotopic (exact) mass is 654 g/mol. The number of thiophene rings is 1. The van der Waals surface area contributed by atoms with Crippen molar-refractivity contribution in [3.8, 4) is 0 Å². The number of aromatic nitrogens is 1. The van der Waals surface area contributed by atoms with Gasteiger partial charge in [-0.1, -0.05) is 83.5 Å². The van der Waals surface area contributed by atoms with Crippen molar-refractivity contribution >= 4 is 84.6 Å². The van der Waals surface area contributed by atoms with Crippen LogP contribution in [0.5, 0.6) is 0 Å². The van der Waals surface area contributed by atoms with E-state index in [-0.39, 0.29) is 19.5 Å². The van der Waals surface area contributed by atoms with Crippen LogP contribution in [0.3, 0.4) is 0 Å². The summed E-state index contributed by atoms with van der Waals surface area (Å²) in [6.45, 7) is 0.594. The largest absolute Gasteiger partial charge is 0.340 e. The topological polar surface area (TPSA) is 68.2 Å². The van der Waals surface area contributed by atoms with Crippen molar-refractivity contribution in [3.63, 3.8) is 0 Å². The maximum Gasteiger partial charge on any atom is 0.273 e. The van der Waals surface area contributed by atoms with E-state index in [0.717, 1.165) is 53.7 Å². The Kier molecular flexibility index (Phi) is 7.92. The van der Waals surface area contributed by atoms with Gasteiger partial charge in [-0.3, -0.25) is 4.79 Å². The van der Waals surface area contributed by atoms with Crippen molar-refractivity contribution in [2.45, 2.75) is 61.6 Å². The van der Waals surface area contributed by atoms with E-state index in [0.29, 0.717) is 23.0 Å². The maximum atomic E-state index is 13.2. The molecule has 1 amide bonds. The first-order valence-electron chi connectivity index (χ1n) is 13.2. The number of aryl methyl sites for hydroxylation is 1. The van der Waals surface area contributed by atoms with Gasteiger partial charge in [0.1, 0.15) is 8.55 Å². The van der Waals surface area contributed by atoms with Crippen LogP contribution in [0.1, 0.15) is 60.4 Å². The molecule has 0 aliphatic heterocycles. The van der Waals surface area contributed by atoms with Gasteiger partial charge in [-0.05, 0) is 72.9 Å². The molecule has 210 valence electrons. The van der Waals surface area contributed by atoms with Gasteiger partial charge in [0.15, 0.2) is 0 Å². The van der Waals surface area contributed by atoms with E-state index in [2.05, 4.69) is 27.5 Å². The standard InChI is InChI=1S/C29H26Cl4N2O3S2/c30-17-11-10-16(23(31)12-17)15-35-25-9-4-2-1-3-6-18(25)19-7-5-8-20(27(19)35)21-13-22(21)29(36)34-40(37,38)26-14-24(32)28(33)39-26/h5,7-8,10-12,14,21-22H,1-4,6,9,13,15H2,(H,34,36). The summed E-state index contributed by atoms with van der Waals surface area (Å²) in [7, 11) is -4.06. The van der Waals surface area contributed by atoms with Crippen LogP contribution in [0.4, 0.5) is 0 Å². The molecule has 1 saturated carbocycles. The number of carbonyl (C=O) groups is 1. The van der Waals surface area contributed by atoms with Crippen LogP contribution in [0.25, 0.3) is 10.9 Å². The third-order valence-electron chi connectivity index (χ3n) is 7.92. The minimum Gasteiger partial charge on any atom is -0.340 e. The minimum atomic E-state index is -4.06. The van der Waals surface area contributed by atoms with Gasteiger partial charge in [0.05, 0.1) is 10.5 Å². The quantitative estimate of drug-likeness (QED) is 0.226. The van der Waals surface area contributed by atoms with Crippen molar-refractivity contribution in [3.05, 3.63) is 84.3 Å². The molecule has 4 aromatic rings. The Morgan fingerprint density at radius 1 is 0.975 bits per heavy atom. The fourth-order valence-electron chi connectivity index (χ4n) is 5.91. The second kappa shape index (κ2) is 11.2. The van der Waals surface area contributed by atoms with Crippen molar-refractivity contribution < 1.29 is 13.2 Å². The number of rotatable bonds is 6. The zero-order valence-corrected chi connectivity index (χ0v) is 26.0. The number of carbonyl (C=O) groups excluding carboxylic acids is 1. The first-order valence-corrected chi connectivity index (χ1v) is 17.0. The Morgan fingerprint density at radius 2 is 1.75 bits per heavy atom. The molecule has 1 N–H and O–H groups in total. The lowest BCUT2D eigenvalue weighted by atomic mass is 9.95. The van der Waals surface area contributed by atoms with E-state index < -0.39 is 21.8 Å². The summed E-state index contributed by atoms with van der Waals surface area (Å²) in [5.41, 5.74) is 5.85. The van der Waals surface area contributed by atoms with Gasteiger partial charge in [0, 0.05) is 33.6 Å². The number of fused-ring (bicyclic) bond motifs is 3. The van der Waals surface area contributed by atoms with E-state index in [1.54, 1.807) is 6.07 Å². The second-order valence-electron chi connectivity index (χ2n) is 10.5. The highest BCUT2D eigenvalue weighted by atomic mass is 35.5. The van der Waals surface area contributed by atoms with Crippen LogP contribution in [0.15, 0.2) is 46.7 Å². The maximum absolute atomic E-state index is 13.2. The third-order valence-corrected chi connectivity index (χ3v) is 12.2. The van der Waals surface area contributed by atoms with Crippen LogP contribution < -0.4 is 4.72 Å². The molecular formula is C29H26Cl4N2O3S2. The lowest BCUT2D eigenvalue weighted by Gasteiger charge is -2.17. The van der Waals surface area contributed by atoms with Gasteiger partial charge in [-0.25, -0.2) is 13.1 Å². The number of nitrogens with zero attached hydrogens (tertiary/aromatic N) is 1. The highest BCUT2D eigenvalue weighted by Crippen LogP contribution is 2.51. The number of hydrogen-bond acceptors (Lipinski definition) is 4. The molecule has 2 aliphatic carbocycles. The Morgan fingerprint density at radius 3 is 2.48 bits per heavy atom. The predicted molar refractivity (Wildman–Crippen MR) is 164 cm³/mol. The van der Waals surface area contributed by atoms with Gasteiger partial charge in [0.2, 0.25) is 5.91 Å². The number of amides is 1. The summed E-state index contributed by atoms with van der Waals surface area (Å²) in [6.07, 6.45) is 7.24. The Labute approximate surface area is 257 Å². The molecule has 0 radical (unpaired) electrons. The average Bonchev–Trinajstić information content (AvgIpc) is 3.54. The first-order chi connectivity index (χ1) is 19.1. The van der Waals surface area contributed by atoms with Crippen molar-refractivity contribution in [2.24, 2.45) is 5.92 Å². The molecule has 0 saturated heterocycles. The van der Waals surface area contributed by atoms with Crippen LogP contribution in [0.2, 0.25) is 19.4 Å². The molecule has 2 aliphatic rings. The molecule has 11 heteroatoms. The molecular weight excluding hydrogens is 630 g/mol. The van der Waals surface area contributed by atoms with Gasteiger partial charge in [0.25, 0.3) is 10.0 Å². The summed E-state index contributed by atoms with van der Waals surface area (Å²) in [6, 6.07) is 13.1. The molecule has 2 atom stereocenters. The van der Waals surface area contributed by atoms with Gasteiger partial charge < -0.3 is 4.57 Å². The van der Waals surface area contributed by atoms with Crippen molar-refractivity contribution in [1.82, 2.24) is 9.29 Å². The number of para-hydroxylation sites is 1. The Hall–Kier alpha value is -1.74. The molecule has 1 fully saturated rings. The zero-order chi connectivity index (χ0) is 28.2. The lowest BCUT2D eigenvalue weighted by Crippen LogP contribution is -2.31. The van der Waals surface area contributed by atoms with E-state index in [1.807, 2.05) is 12.1 Å². The second-order valence-corrected chi connectivity index (χ2v) is 15.3. The molecule has 2 unspecified atom stereocenters.